The highest BCUT2D eigenvalue weighted by molar-refractivity contribution is 5.41. The maximum absolute atomic E-state index is 9.69. The van der Waals surface area contributed by atoms with Crippen molar-refractivity contribution in [2.45, 2.75) is 38.3 Å². The van der Waals surface area contributed by atoms with Gasteiger partial charge in [-0.3, -0.25) is 0 Å². The number of methoxy groups -OCH3 is 1. The van der Waals surface area contributed by atoms with E-state index >= 15 is 0 Å². The van der Waals surface area contributed by atoms with E-state index in [0.717, 1.165) is 37.9 Å². The molecule has 0 bridgehead atoms. The van der Waals surface area contributed by atoms with Crippen LogP contribution in [0.15, 0.2) is 18.2 Å². The minimum absolute atomic E-state index is 0.120. The van der Waals surface area contributed by atoms with E-state index in [9.17, 15) is 10.2 Å². The average Bonchev–Trinajstić information content (AvgIpc) is 2.39. The second-order valence-corrected chi connectivity index (χ2v) is 5.32. The molecule has 0 heterocycles. The molecule has 1 aromatic rings. The van der Waals surface area contributed by atoms with Gasteiger partial charge in [0, 0.05) is 6.54 Å². The Bertz CT molecular complexity index is 408. The first-order chi connectivity index (χ1) is 9.19. The molecular weight excluding hydrogens is 242 g/mol. The van der Waals surface area contributed by atoms with Crippen molar-refractivity contribution in [2.75, 3.05) is 13.7 Å². The molecule has 0 aliphatic heterocycles. The highest BCUT2D eigenvalue weighted by atomic mass is 16.5. The van der Waals surface area contributed by atoms with Gasteiger partial charge in [-0.05, 0) is 49.4 Å². The summed E-state index contributed by atoms with van der Waals surface area (Å²) in [6.07, 6.45) is 4.05. The number of rotatable bonds is 5. The van der Waals surface area contributed by atoms with E-state index in [4.69, 9.17) is 4.74 Å². The number of nitrogens with one attached hydrogen (secondary N) is 1. The molecule has 1 aliphatic rings. The van der Waals surface area contributed by atoms with E-state index in [1.54, 1.807) is 19.2 Å². The van der Waals surface area contributed by atoms with Crippen LogP contribution in [0.3, 0.4) is 0 Å². The molecule has 0 spiro atoms. The van der Waals surface area contributed by atoms with Crippen molar-refractivity contribution in [1.82, 2.24) is 5.32 Å². The van der Waals surface area contributed by atoms with Crippen LogP contribution < -0.4 is 10.1 Å². The van der Waals surface area contributed by atoms with Gasteiger partial charge in [0.05, 0.1) is 13.2 Å². The molecule has 0 amide bonds. The Morgan fingerprint density at radius 1 is 1.37 bits per heavy atom. The van der Waals surface area contributed by atoms with Gasteiger partial charge < -0.3 is 20.3 Å². The normalized spacial score (nSPS) is 23.3. The lowest BCUT2D eigenvalue weighted by Crippen LogP contribution is -2.28. The zero-order chi connectivity index (χ0) is 13.7. The molecule has 2 atom stereocenters. The van der Waals surface area contributed by atoms with Crippen LogP contribution >= 0.6 is 0 Å². The molecule has 1 saturated carbocycles. The van der Waals surface area contributed by atoms with Crippen LogP contribution in [0.25, 0.3) is 0 Å². The molecule has 4 nitrogen and oxygen atoms in total. The number of phenolic OH excluding ortho intramolecular Hbond substituents is 1. The summed E-state index contributed by atoms with van der Waals surface area (Å²) in [5.41, 5.74) is 1.04. The van der Waals surface area contributed by atoms with E-state index < -0.39 is 0 Å². The predicted octanol–water partition coefficient (Wildman–Crippen LogP) is 2.04. The van der Waals surface area contributed by atoms with Gasteiger partial charge in [-0.2, -0.15) is 0 Å². The summed E-state index contributed by atoms with van der Waals surface area (Å²) in [6, 6.07) is 5.44. The number of hydrogen-bond donors (Lipinski definition) is 3. The molecule has 2 unspecified atom stereocenters. The summed E-state index contributed by atoms with van der Waals surface area (Å²) < 4.78 is 5.01. The van der Waals surface area contributed by atoms with Crippen molar-refractivity contribution in [3.8, 4) is 11.5 Å². The van der Waals surface area contributed by atoms with E-state index in [1.165, 1.54) is 6.42 Å². The molecule has 2 rings (SSSR count). The Morgan fingerprint density at radius 2 is 2.21 bits per heavy atom. The molecule has 3 N–H and O–H groups in total. The lowest BCUT2D eigenvalue weighted by atomic mass is 9.87. The third-order valence-electron chi connectivity index (χ3n) is 3.76. The van der Waals surface area contributed by atoms with Gasteiger partial charge in [0.1, 0.15) is 0 Å². The smallest absolute Gasteiger partial charge is 0.160 e. The largest absolute Gasteiger partial charge is 0.504 e. The molecule has 106 valence electrons. The fraction of sp³-hybridized carbons (Fsp3) is 0.600. The minimum Gasteiger partial charge on any atom is -0.504 e. The summed E-state index contributed by atoms with van der Waals surface area (Å²) >= 11 is 0. The molecular formula is C15H23NO3. The van der Waals surface area contributed by atoms with Crippen molar-refractivity contribution in [1.29, 1.82) is 0 Å². The SMILES string of the molecule is COc1ccc(CNCC2CCCC(O)C2)cc1O. The van der Waals surface area contributed by atoms with E-state index in [0.29, 0.717) is 11.7 Å². The van der Waals surface area contributed by atoms with Gasteiger partial charge in [0.25, 0.3) is 0 Å². The van der Waals surface area contributed by atoms with Crippen LogP contribution in [0.4, 0.5) is 0 Å². The topological polar surface area (TPSA) is 61.7 Å². The van der Waals surface area contributed by atoms with Gasteiger partial charge in [0.15, 0.2) is 11.5 Å². The standard InChI is InChI=1S/C15H23NO3/c1-19-15-6-5-12(8-14(15)18)10-16-9-11-3-2-4-13(17)7-11/h5-6,8,11,13,16-18H,2-4,7,9-10H2,1H3. The maximum Gasteiger partial charge on any atom is 0.160 e. The van der Waals surface area contributed by atoms with Crippen molar-refractivity contribution in [2.24, 2.45) is 5.92 Å². The van der Waals surface area contributed by atoms with Gasteiger partial charge in [-0.1, -0.05) is 12.5 Å². The molecule has 4 heteroatoms. The number of ether oxygens (including phenoxy) is 1. The molecule has 1 aromatic carbocycles. The quantitative estimate of drug-likeness (QED) is 0.762. The van der Waals surface area contributed by atoms with Gasteiger partial charge in [-0.15, -0.1) is 0 Å². The summed E-state index contributed by atoms with van der Waals surface area (Å²) in [5.74, 6) is 1.24. The molecule has 19 heavy (non-hydrogen) atoms. The summed E-state index contributed by atoms with van der Waals surface area (Å²) in [6.45, 7) is 1.65. The Kier molecular flexibility index (Phi) is 5.05. The van der Waals surface area contributed by atoms with Crippen LogP contribution in [-0.4, -0.2) is 30.0 Å². The van der Waals surface area contributed by atoms with Crippen LogP contribution in [0.2, 0.25) is 0 Å². The van der Waals surface area contributed by atoms with Gasteiger partial charge >= 0.3 is 0 Å². The number of aliphatic hydroxyl groups is 1. The van der Waals surface area contributed by atoms with E-state index in [-0.39, 0.29) is 11.9 Å². The highest BCUT2D eigenvalue weighted by Crippen LogP contribution is 2.26. The zero-order valence-corrected chi connectivity index (χ0v) is 11.4. The van der Waals surface area contributed by atoms with Crippen molar-refractivity contribution < 1.29 is 14.9 Å². The second kappa shape index (κ2) is 6.78. The van der Waals surface area contributed by atoms with Crippen LogP contribution in [0.1, 0.15) is 31.2 Å². The van der Waals surface area contributed by atoms with E-state index in [2.05, 4.69) is 5.32 Å². The van der Waals surface area contributed by atoms with E-state index in [1.807, 2.05) is 6.07 Å². The zero-order valence-electron chi connectivity index (χ0n) is 11.4. The number of benzene rings is 1. The highest BCUT2D eigenvalue weighted by Gasteiger charge is 2.19. The van der Waals surface area contributed by atoms with Crippen LogP contribution in [0, 0.1) is 5.92 Å². The molecule has 1 aliphatic carbocycles. The third kappa shape index (κ3) is 4.11. The van der Waals surface area contributed by atoms with Crippen LogP contribution in [-0.2, 0) is 6.54 Å². The van der Waals surface area contributed by atoms with Crippen LogP contribution in [0.5, 0.6) is 11.5 Å². The lowest BCUT2D eigenvalue weighted by Gasteiger charge is -2.26. The number of phenols is 1. The first kappa shape index (κ1) is 14.2. The Hall–Kier alpha value is -1.26. The maximum atomic E-state index is 9.69. The van der Waals surface area contributed by atoms with Crippen molar-refractivity contribution in [3.63, 3.8) is 0 Å². The fourth-order valence-corrected chi connectivity index (χ4v) is 2.71. The first-order valence-corrected chi connectivity index (χ1v) is 6.93. The van der Waals surface area contributed by atoms with Gasteiger partial charge in [-0.25, -0.2) is 0 Å². The lowest BCUT2D eigenvalue weighted by molar-refractivity contribution is 0.101. The molecule has 0 radical (unpaired) electrons. The van der Waals surface area contributed by atoms with Crippen molar-refractivity contribution >= 4 is 0 Å². The monoisotopic (exact) mass is 265 g/mol. The molecule has 0 aromatic heterocycles. The summed E-state index contributed by atoms with van der Waals surface area (Å²) in [7, 11) is 1.54. The Morgan fingerprint density at radius 3 is 2.89 bits per heavy atom. The molecule has 0 saturated heterocycles. The van der Waals surface area contributed by atoms with Gasteiger partial charge in [0.2, 0.25) is 0 Å². The number of aliphatic hydroxyl groups excluding tert-OH is 1. The molecule has 1 fully saturated rings. The first-order valence-electron chi connectivity index (χ1n) is 6.93. The number of aromatic hydroxyl groups is 1. The number of hydrogen-bond acceptors (Lipinski definition) is 4. The summed E-state index contributed by atoms with van der Waals surface area (Å²) in [5, 5.41) is 22.7. The minimum atomic E-state index is -0.120. The van der Waals surface area contributed by atoms with Crippen molar-refractivity contribution in [3.05, 3.63) is 23.8 Å². The fourth-order valence-electron chi connectivity index (χ4n) is 2.71. The Balaban J connectivity index is 1.77. The summed E-state index contributed by atoms with van der Waals surface area (Å²) in [4.78, 5) is 0. The Labute approximate surface area is 114 Å². The second-order valence-electron chi connectivity index (χ2n) is 5.32. The average molecular weight is 265 g/mol. The predicted molar refractivity (Wildman–Crippen MR) is 74.3 cm³/mol. The third-order valence-corrected chi connectivity index (χ3v) is 3.76.